The molecule has 1 aliphatic heterocycles. The predicted molar refractivity (Wildman–Crippen MR) is 117 cm³/mol. The van der Waals surface area contributed by atoms with Crippen molar-refractivity contribution in [2.24, 2.45) is 5.41 Å². The lowest BCUT2D eigenvalue weighted by molar-refractivity contribution is -0.0665. The van der Waals surface area contributed by atoms with Gasteiger partial charge in [-0.25, -0.2) is 4.98 Å². The number of nitrogens with one attached hydrogen (secondary N) is 2. The molecule has 2 aromatic rings. The van der Waals surface area contributed by atoms with E-state index in [-0.39, 0.29) is 28.4 Å². The van der Waals surface area contributed by atoms with Gasteiger partial charge in [0.2, 0.25) is 11.8 Å². The minimum absolute atomic E-state index is 0.187. The number of carbonyl (C=O) groups is 1. The number of nitriles is 2. The molecule has 2 heterocycles. The Morgan fingerprint density at radius 1 is 1.22 bits per heavy atom. The SMILES string of the molecule is C=C1NC(=O)c2nc(NC34CC(C#N)(C3)C4)nc(Oc3c(C)cc(/C=C/C#N)cc3C)c21. The average Bonchev–Trinajstić information content (AvgIpc) is 2.98. The molecule has 3 fully saturated rings. The average molecular weight is 424 g/mol. The Kier molecular flexibility index (Phi) is 4.12. The summed E-state index contributed by atoms with van der Waals surface area (Å²) in [7, 11) is 0. The third kappa shape index (κ3) is 2.92. The number of ether oxygens (including phenoxy) is 1. The van der Waals surface area contributed by atoms with Crippen LogP contribution in [0.25, 0.3) is 11.8 Å². The summed E-state index contributed by atoms with van der Waals surface area (Å²) in [4.78, 5) is 21.4. The number of aryl methyl sites for hydroxylation is 2. The monoisotopic (exact) mass is 424 g/mol. The van der Waals surface area contributed by atoms with Crippen LogP contribution in [0.4, 0.5) is 5.95 Å². The predicted octanol–water partition coefficient (Wildman–Crippen LogP) is 3.99. The Morgan fingerprint density at radius 3 is 2.53 bits per heavy atom. The molecule has 0 spiro atoms. The molecule has 0 atom stereocenters. The number of hydrogen-bond donors (Lipinski definition) is 2. The normalized spacial score (nSPS) is 24.6. The van der Waals surface area contributed by atoms with Crippen molar-refractivity contribution in [1.29, 1.82) is 10.5 Å². The molecule has 0 saturated heterocycles. The lowest BCUT2D eigenvalue weighted by atomic mass is 9.40. The summed E-state index contributed by atoms with van der Waals surface area (Å²) >= 11 is 0. The highest BCUT2D eigenvalue weighted by Gasteiger charge is 2.69. The Hall–Kier alpha value is -4.17. The first-order valence-electron chi connectivity index (χ1n) is 10.2. The summed E-state index contributed by atoms with van der Waals surface area (Å²) in [6, 6.07) is 8.20. The maximum Gasteiger partial charge on any atom is 0.275 e. The lowest BCUT2D eigenvalue weighted by Gasteiger charge is -2.66. The van der Waals surface area contributed by atoms with Gasteiger partial charge in [0.15, 0.2) is 0 Å². The second-order valence-corrected chi connectivity index (χ2v) is 8.88. The molecule has 8 nitrogen and oxygen atoms in total. The maximum atomic E-state index is 12.4. The minimum Gasteiger partial charge on any atom is -0.438 e. The first-order chi connectivity index (χ1) is 15.3. The molecule has 2 bridgehead atoms. The standard InChI is InChI=1S/C24H20N6O2/c1-13-7-16(5-4-6-25)8-14(2)19(13)32-21-17-15(3)27-20(31)18(17)28-22(29-21)30-24-9-23(10-24,11-24)12-26/h4-5,7-8H,3,9-11H2,1-2H3,(H,27,31)(H,28,29,30)/b5-4+. The van der Waals surface area contributed by atoms with Crippen LogP contribution >= 0.6 is 0 Å². The zero-order valence-corrected chi connectivity index (χ0v) is 17.7. The Bertz CT molecular complexity index is 1280. The summed E-state index contributed by atoms with van der Waals surface area (Å²) in [5, 5.41) is 24.1. The van der Waals surface area contributed by atoms with Crippen molar-refractivity contribution >= 4 is 23.6 Å². The van der Waals surface area contributed by atoms with Gasteiger partial charge in [-0.2, -0.15) is 15.5 Å². The van der Waals surface area contributed by atoms with E-state index in [1.54, 1.807) is 6.08 Å². The first-order valence-corrected chi connectivity index (χ1v) is 10.2. The van der Waals surface area contributed by atoms with Gasteiger partial charge in [-0.15, -0.1) is 0 Å². The Balaban J connectivity index is 1.51. The number of amides is 1. The van der Waals surface area contributed by atoms with Crippen LogP contribution in [0.1, 0.15) is 52.0 Å². The fourth-order valence-corrected chi connectivity index (χ4v) is 5.01. The molecule has 0 unspecified atom stereocenters. The molecule has 3 aliphatic carbocycles. The molecular weight excluding hydrogens is 404 g/mol. The number of anilines is 1. The van der Waals surface area contributed by atoms with Crippen LogP contribution in [-0.2, 0) is 0 Å². The molecule has 158 valence electrons. The molecule has 1 amide bonds. The highest BCUT2D eigenvalue weighted by molar-refractivity contribution is 6.08. The lowest BCUT2D eigenvalue weighted by Crippen LogP contribution is -2.70. The van der Waals surface area contributed by atoms with Crippen LogP contribution in [0.15, 0.2) is 24.8 Å². The van der Waals surface area contributed by atoms with E-state index in [9.17, 15) is 10.1 Å². The maximum absolute atomic E-state index is 12.4. The van der Waals surface area contributed by atoms with Crippen molar-refractivity contribution in [3.8, 4) is 23.8 Å². The van der Waals surface area contributed by atoms with E-state index in [2.05, 4.69) is 33.2 Å². The molecular formula is C24H20N6O2. The molecule has 1 aromatic carbocycles. The third-order valence-corrected chi connectivity index (χ3v) is 6.33. The van der Waals surface area contributed by atoms with Crippen LogP contribution in [0.2, 0.25) is 0 Å². The van der Waals surface area contributed by atoms with E-state index < -0.39 is 0 Å². The van der Waals surface area contributed by atoms with E-state index >= 15 is 0 Å². The number of aromatic nitrogens is 2. The molecule has 6 rings (SSSR count). The van der Waals surface area contributed by atoms with Crippen LogP contribution in [0.3, 0.4) is 0 Å². The molecule has 1 aromatic heterocycles. The van der Waals surface area contributed by atoms with Crippen molar-refractivity contribution in [2.75, 3.05) is 5.32 Å². The summed E-state index contributed by atoms with van der Waals surface area (Å²) in [5.41, 5.74) is 3.26. The molecule has 2 N–H and O–H groups in total. The van der Waals surface area contributed by atoms with Gasteiger partial charge in [-0.05, 0) is 68.0 Å². The quantitative estimate of drug-likeness (QED) is 0.695. The summed E-state index contributed by atoms with van der Waals surface area (Å²) in [6.07, 6.45) is 5.41. The Labute approximate surface area is 185 Å². The largest absolute Gasteiger partial charge is 0.438 e. The van der Waals surface area contributed by atoms with Crippen LogP contribution in [0, 0.1) is 41.9 Å². The molecule has 32 heavy (non-hydrogen) atoms. The number of nitrogens with zero attached hydrogens (tertiary/aromatic N) is 4. The number of benzene rings is 1. The van der Waals surface area contributed by atoms with Gasteiger partial charge in [0.05, 0.1) is 23.1 Å². The van der Waals surface area contributed by atoms with Gasteiger partial charge in [-0.1, -0.05) is 6.58 Å². The van der Waals surface area contributed by atoms with Gasteiger partial charge in [-0.3, -0.25) is 4.79 Å². The van der Waals surface area contributed by atoms with E-state index in [0.717, 1.165) is 36.0 Å². The number of rotatable bonds is 5. The second-order valence-electron chi connectivity index (χ2n) is 8.88. The number of carbonyl (C=O) groups excluding carboxylic acids is 1. The molecule has 8 heteroatoms. The zero-order chi connectivity index (χ0) is 22.7. The van der Waals surface area contributed by atoms with Gasteiger partial charge in [0.25, 0.3) is 5.91 Å². The number of allylic oxidation sites excluding steroid dienone is 1. The topological polar surface area (TPSA) is 124 Å². The smallest absolute Gasteiger partial charge is 0.275 e. The molecule has 0 radical (unpaired) electrons. The van der Waals surface area contributed by atoms with E-state index in [1.165, 1.54) is 6.08 Å². The minimum atomic E-state index is -0.350. The third-order valence-electron chi connectivity index (χ3n) is 6.33. The van der Waals surface area contributed by atoms with Gasteiger partial charge in [0, 0.05) is 17.3 Å². The zero-order valence-electron chi connectivity index (χ0n) is 17.7. The van der Waals surface area contributed by atoms with E-state index in [4.69, 9.17) is 10.00 Å². The summed E-state index contributed by atoms with van der Waals surface area (Å²) in [5.74, 6) is 0.816. The van der Waals surface area contributed by atoms with E-state index in [0.29, 0.717) is 23.0 Å². The van der Waals surface area contributed by atoms with Gasteiger partial charge < -0.3 is 15.4 Å². The van der Waals surface area contributed by atoms with Crippen molar-refractivity contribution in [2.45, 2.75) is 38.6 Å². The number of hydrogen-bond acceptors (Lipinski definition) is 7. The van der Waals surface area contributed by atoms with Gasteiger partial charge >= 0.3 is 0 Å². The highest BCUT2D eigenvalue weighted by Crippen LogP contribution is 2.67. The highest BCUT2D eigenvalue weighted by atomic mass is 16.5. The van der Waals surface area contributed by atoms with Crippen LogP contribution in [-0.4, -0.2) is 21.4 Å². The fourth-order valence-electron chi connectivity index (χ4n) is 5.01. The van der Waals surface area contributed by atoms with Crippen LogP contribution < -0.4 is 15.4 Å². The van der Waals surface area contributed by atoms with Crippen molar-refractivity contribution in [1.82, 2.24) is 15.3 Å². The molecule has 4 aliphatic rings. The fraction of sp³-hybridized carbons (Fsp3) is 0.292. The Morgan fingerprint density at radius 2 is 1.91 bits per heavy atom. The van der Waals surface area contributed by atoms with Gasteiger partial charge in [0.1, 0.15) is 11.4 Å². The van der Waals surface area contributed by atoms with Crippen molar-refractivity contribution < 1.29 is 9.53 Å². The summed E-state index contributed by atoms with van der Waals surface area (Å²) < 4.78 is 6.24. The first kappa shape index (κ1) is 19.8. The second kappa shape index (κ2) is 6.66. The van der Waals surface area contributed by atoms with E-state index in [1.807, 2.05) is 32.0 Å². The number of fused-ring (bicyclic) bond motifs is 1. The summed E-state index contributed by atoms with van der Waals surface area (Å²) in [6.45, 7) is 7.73. The van der Waals surface area contributed by atoms with Crippen molar-refractivity contribution in [3.05, 3.63) is 52.7 Å². The van der Waals surface area contributed by atoms with Crippen molar-refractivity contribution in [3.63, 3.8) is 0 Å². The van der Waals surface area contributed by atoms with Crippen LogP contribution in [0.5, 0.6) is 11.6 Å². The molecule has 3 saturated carbocycles.